The van der Waals surface area contributed by atoms with Crippen molar-refractivity contribution in [3.05, 3.63) is 83.7 Å². The summed E-state index contributed by atoms with van der Waals surface area (Å²) < 4.78 is 5.52. The van der Waals surface area contributed by atoms with Gasteiger partial charge in [0.25, 0.3) is 0 Å². The monoisotopic (exact) mass is 428 g/mol. The second-order valence-corrected chi connectivity index (χ2v) is 9.41. The molecule has 1 N–H and O–H groups in total. The van der Waals surface area contributed by atoms with E-state index in [0.717, 1.165) is 55.0 Å². The smallest absolute Gasteiger partial charge is 0.126 e. The molecular weight excluding hydrogens is 396 g/mol. The molecule has 4 heteroatoms. The van der Waals surface area contributed by atoms with Gasteiger partial charge in [-0.05, 0) is 48.6 Å². The molecule has 5 rings (SSSR count). The normalized spacial score (nSPS) is 25.5. The number of aliphatic hydroxyl groups is 1. The Balaban J connectivity index is 1.33. The SMILES string of the molecule is COc1ccccc1-c1ccc(CN2CC3CCCC(C2)C3(O)c2ncccc2C)cc1. The number of rotatable bonds is 5. The first-order valence-electron chi connectivity index (χ1n) is 11.7. The van der Waals surface area contributed by atoms with Crippen LogP contribution in [0.2, 0.25) is 0 Å². The van der Waals surface area contributed by atoms with Crippen LogP contribution in [-0.2, 0) is 12.1 Å². The Morgan fingerprint density at radius 3 is 2.41 bits per heavy atom. The molecule has 166 valence electrons. The Labute approximate surface area is 190 Å². The fourth-order valence-electron chi connectivity index (χ4n) is 5.89. The highest BCUT2D eigenvalue weighted by atomic mass is 16.5. The van der Waals surface area contributed by atoms with E-state index in [-0.39, 0.29) is 11.8 Å². The molecule has 1 aromatic heterocycles. The summed E-state index contributed by atoms with van der Waals surface area (Å²) in [5.41, 5.74) is 4.80. The third-order valence-electron chi connectivity index (χ3n) is 7.47. The van der Waals surface area contributed by atoms with Crippen LogP contribution in [0.4, 0.5) is 0 Å². The molecule has 2 heterocycles. The van der Waals surface area contributed by atoms with Gasteiger partial charge in [-0.2, -0.15) is 0 Å². The lowest BCUT2D eigenvalue weighted by atomic mass is 9.63. The number of benzene rings is 2. The van der Waals surface area contributed by atoms with Gasteiger partial charge in [0.15, 0.2) is 0 Å². The number of piperidine rings is 1. The van der Waals surface area contributed by atoms with Crippen molar-refractivity contribution in [1.82, 2.24) is 9.88 Å². The summed E-state index contributed by atoms with van der Waals surface area (Å²) in [6.45, 7) is 4.82. The van der Waals surface area contributed by atoms with Crippen LogP contribution in [0.5, 0.6) is 5.75 Å². The molecule has 0 spiro atoms. The number of nitrogens with zero attached hydrogens (tertiary/aromatic N) is 2. The third-order valence-corrected chi connectivity index (χ3v) is 7.47. The lowest BCUT2D eigenvalue weighted by molar-refractivity contribution is -0.151. The van der Waals surface area contributed by atoms with Gasteiger partial charge in [0.2, 0.25) is 0 Å². The molecule has 2 bridgehead atoms. The molecule has 2 atom stereocenters. The van der Waals surface area contributed by atoms with Crippen molar-refractivity contribution in [2.45, 2.75) is 38.3 Å². The van der Waals surface area contributed by atoms with Crippen LogP contribution in [0.15, 0.2) is 66.9 Å². The molecule has 1 aliphatic carbocycles. The molecule has 0 radical (unpaired) electrons. The molecule has 0 amide bonds. The maximum absolute atomic E-state index is 11.9. The van der Waals surface area contributed by atoms with E-state index in [1.807, 2.05) is 30.5 Å². The molecule has 2 unspecified atom stereocenters. The number of aryl methyl sites for hydroxylation is 1. The minimum absolute atomic E-state index is 0.233. The number of pyridine rings is 1. The number of para-hydroxylation sites is 1. The summed E-state index contributed by atoms with van der Waals surface area (Å²) in [6, 6.07) is 21.0. The zero-order valence-corrected chi connectivity index (χ0v) is 19.0. The number of hydrogen-bond acceptors (Lipinski definition) is 4. The molecule has 3 aromatic rings. The first-order valence-corrected chi connectivity index (χ1v) is 11.7. The van der Waals surface area contributed by atoms with Crippen molar-refractivity contribution in [2.24, 2.45) is 11.8 Å². The van der Waals surface area contributed by atoms with Crippen LogP contribution >= 0.6 is 0 Å². The van der Waals surface area contributed by atoms with Crippen molar-refractivity contribution in [3.63, 3.8) is 0 Å². The fraction of sp³-hybridized carbons (Fsp3) is 0.393. The van der Waals surface area contributed by atoms with Crippen molar-refractivity contribution >= 4 is 0 Å². The van der Waals surface area contributed by atoms with E-state index in [1.54, 1.807) is 7.11 Å². The Morgan fingerprint density at radius 2 is 1.72 bits per heavy atom. The van der Waals surface area contributed by atoms with Gasteiger partial charge in [-0.25, -0.2) is 0 Å². The van der Waals surface area contributed by atoms with Crippen LogP contribution in [0.1, 0.15) is 36.1 Å². The highest BCUT2D eigenvalue weighted by Gasteiger charge is 2.52. The van der Waals surface area contributed by atoms with E-state index in [9.17, 15) is 5.11 Å². The molecule has 4 nitrogen and oxygen atoms in total. The number of hydrogen-bond donors (Lipinski definition) is 1. The molecule has 2 fully saturated rings. The van der Waals surface area contributed by atoms with E-state index in [1.165, 1.54) is 17.5 Å². The Morgan fingerprint density at radius 1 is 1.00 bits per heavy atom. The average molecular weight is 429 g/mol. The average Bonchev–Trinajstić information content (AvgIpc) is 2.80. The maximum atomic E-state index is 11.9. The summed E-state index contributed by atoms with van der Waals surface area (Å²) in [5, 5.41) is 11.9. The number of fused-ring (bicyclic) bond motifs is 2. The highest BCUT2D eigenvalue weighted by Crippen LogP contribution is 2.49. The van der Waals surface area contributed by atoms with Crippen LogP contribution in [0.3, 0.4) is 0 Å². The standard InChI is InChI=1S/C28H32N2O2/c1-20-7-6-16-29-27(20)28(31)23-8-5-9-24(28)19-30(18-23)17-21-12-14-22(15-13-21)25-10-3-4-11-26(25)32-2/h3-4,6-7,10-16,23-24,31H,5,8-9,17-19H2,1-2H3. The lowest BCUT2D eigenvalue weighted by Gasteiger charge is -2.53. The first-order chi connectivity index (χ1) is 15.6. The predicted molar refractivity (Wildman–Crippen MR) is 127 cm³/mol. The summed E-state index contributed by atoms with van der Waals surface area (Å²) in [5.74, 6) is 1.36. The fourth-order valence-corrected chi connectivity index (χ4v) is 5.89. The van der Waals surface area contributed by atoms with E-state index < -0.39 is 5.60 Å². The molecule has 2 aromatic carbocycles. The largest absolute Gasteiger partial charge is 0.496 e. The van der Waals surface area contributed by atoms with Gasteiger partial charge >= 0.3 is 0 Å². The topological polar surface area (TPSA) is 45.6 Å². The van der Waals surface area contributed by atoms with E-state index in [4.69, 9.17) is 4.74 Å². The minimum Gasteiger partial charge on any atom is -0.496 e. The van der Waals surface area contributed by atoms with Gasteiger partial charge in [-0.3, -0.25) is 9.88 Å². The van der Waals surface area contributed by atoms with E-state index >= 15 is 0 Å². The lowest BCUT2D eigenvalue weighted by Crippen LogP contribution is -2.58. The summed E-state index contributed by atoms with van der Waals surface area (Å²) in [4.78, 5) is 7.17. The Kier molecular flexibility index (Phi) is 5.75. The maximum Gasteiger partial charge on any atom is 0.126 e. The van der Waals surface area contributed by atoms with Crippen molar-refractivity contribution in [1.29, 1.82) is 0 Å². The van der Waals surface area contributed by atoms with Crippen LogP contribution in [0.25, 0.3) is 11.1 Å². The molecule has 32 heavy (non-hydrogen) atoms. The number of aromatic nitrogens is 1. The van der Waals surface area contributed by atoms with E-state index in [2.05, 4.69) is 53.2 Å². The van der Waals surface area contributed by atoms with Gasteiger partial charge in [0.05, 0.1) is 12.8 Å². The number of ether oxygens (including phenoxy) is 1. The zero-order chi connectivity index (χ0) is 22.1. The highest BCUT2D eigenvalue weighted by molar-refractivity contribution is 5.70. The van der Waals surface area contributed by atoms with Gasteiger partial charge in [0, 0.05) is 43.2 Å². The van der Waals surface area contributed by atoms with Crippen LogP contribution in [0, 0.1) is 18.8 Å². The zero-order valence-electron chi connectivity index (χ0n) is 19.0. The second kappa shape index (κ2) is 8.68. The third kappa shape index (κ3) is 3.72. The number of methoxy groups -OCH3 is 1. The molecule has 1 aliphatic heterocycles. The van der Waals surface area contributed by atoms with E-state index in [0.29, 0.717) is 0 Å². The van der Waals surface area contributed by atoms with Crippen molar-refractivity contribution < 1.29 is 9.84 Å². The molecule has 1 saturated carbocycles. The summed E-state index contributed by atoms with van der Waals surface area (Å²) in [7, 11) is 1.72. The molecule has 1 saturated heterocycles. The number of likely N-dealkylation sites (tertiary alicyclic amines) is 1. The van der Waals surface area contributed by atoms with Crippen LogP contribution in [-0.4, -0.2) is 35.2 Å². The first kappa shape index (κ1) is 21.2. The quantitative estimate of drug-likeness (QED) is 0.608. The minimum atomic E-state index is -0.798. The van der Waals surface area contributed by atoms with Gasteiger partial charge in [-0.15, -0.1) is 0 Å². The molecular formula is C28H32N2O2. The van der Waals surface area contributed by atoms with Crippen molar-refractivity contribution in [2.75, 3.05) is 20.2 Å². The molecule has 2 aliphatic rings. The second-order valence-electron chi connectivity index (χ2n) is 9.41. The van der Waals surface area contributed by atoms with Gasteiger partial charge in [-0.1, -0.05) is 55.0 Å². The predicted octanol–water partition coefficient (Wildman–Crippen LogP) is 5.19. The Hall–Kier alpha value is -2.69. The summed E-state index contributed by atoms with van der Waals surface area (Å²) >= 11 is 0. The van der Waals surface area contributed by atoms with Crippen molar-refractivity contribution in [3.8, 4) is 16.9 Å². The summed E-state index contributed by atoms with van der Waals surface area (Å²) in [6.07, 6.45) is 5.15. The van der Waals surface area contributed by atoms with Gasteiger partial charge < -0.3 is 9.84 Å². The van der Waals surface area contributed by atoms with Gasteiger partial charge in [0.1, 0.15) is 11.4 Å². The Bertz CT molecular complexity index is 1060. The van der Waals surface area contributed by atoms with Crippen LogP contribution < -0.4 is 4.74 Å².